The van der Waals surface area contributed by atoms with Crippen LogP contribution in [-0.2, 0) is 4.79 Å². The molecule has 4 heteroatoms. The Hall–Kier alpha value is -1.55. The van der Waals surface area contributed by atoms with Crippen molar-refractivity contribution in [2.24, 2.45) is 5.73 Å². The third kappa shape index (κ3) is 3.96. The number of amides is 1. The lowest BCUT2D eigenvalue weighted by Gasteiger charge is -2.33. The minimum atomic E-state index is -0.213. The van der Waals surface area contributed by atoms with Crippen molar-refractivity contribution in [2.45, 2.75) is 32.2 Å². The predicted octanol–water partition coefficient (Wildman–Crippen LogP) is 1.71. The molecule has 1 saturated heterocycles. The molecule has 0 spiro atoms. The Morgan fingerprint density at radius 3 is 3.05 bits per heavy atom. The highest BCUT2D eigenvalue weighted by atomic mass is 16.5. The van der Waals surface area contributed by atoms with Gasteiger partial charge < -0.3 is 10.5 Å². The van der Waals surface area contributed by atoms with Crippen molar-refractivity contribution in [3.05, 3.63) is 29.8 Å². The molecule has 1 heterocycles. The van der Waals surface area contributed by atoms with Crippen molar-refractivity contribution in [3.63, 3.8) is 0 Å². The summed E-state index contributed by atoms with van der Waals surface area (Å²) in [6, 6.07) is 7.88. The molecule has 2 N–H and O–H groups in total. The van der Waals surface area contributed by atoms with Gasteiger partial charge in [-0.15, -0.1) is 0 Å². The Morgan fingerprint density at radius 2 is 2.32 bits per heavy atom. The zero-order valence-corrected chi connectivity index (χ0v) is 11.5. The van der Waals surface area contributed by atoms with Crippen LogP contribution in [0, 0.1) is 6.92 Å². The number of carbonyl (C=O) groups excluding carboxylic acids is 1. The topological polar surface area (TPSA) is 55.6 Å². The first-order valence-electron chi connectivity index (χ1n) is 6.89. The van der Waals surface area contributed by atoms with E-state index >= 15 is 0 Å². The number of nitrogens with zero attached hydrogens (tertiary/aromatic N) is 1. The third-order valence-electron chi connectivity index (χ3n) is 3.58. The lowest BCUT2D eigenvalue weighted by molar-refractivity contribution is -0.124. The zero-order chi connectivity index (χ0) is 13.7. The summed E-state index contributed by atoms with van der Waals surface area (Å²) in [4.78, 5) is 13.5. The van der Waals surface area contributed by atoms with E-state index in [-0.39, 0.29) is 11.9 Å². The number of primary amides is 1. The summed E-state index contributed by atoms with van der Waals surface area (Å²) in [5.41, 5.74) is 6.62. The van der Waals surface area contributed by atoms with E-state index in [2.05, 4.69) is 4.90 Å². The SMILES string of the molecule is Cc1cccc(OCCN2CCCC[C@@H]2C(N)=O)c1. The number of nitrogens with two attached hydrogens (primary N) is 1. The van der Waals surface area contributed by atoms with Gasteiger partial charge in [-0.3, -0.25) is 9.69 Å². The van der Waals surface area contributed by atoms with Crippen LogP contribution in [0.2, 0.25) is 0 Å². The Labute approximate surface area is 114 Å². The standard InChI is InChI=1S/C15H22N2O2/c1-12-5-4-6-13(11-12)19-10-9-17-8-3-2-7-14(17)15(16)18/h4-6,11,14H,2-3,7-10H2,1H3,(H2,16,18)/t14-/m1/s1. The maximum Gasteiger partial charge on any atom is 0.234 e. The summed E-state index contributed by atoms with van der Waals surface area (Å²) in [7, 11) is 0. The van der Waals surface area contributed by atoms with Crippen LogP contribution in [0.25, 0.3) is 0 Å². The van der Waals surface area contributed by atoms with E-state index in [1.54, 1.807) is 0 Å². The Bertz CT molecular complexity index is 434. The maximum atomic E-state index is 11.4. The second kappa shape index (κ2) is 6.57. The number of hydrogen-bond acceptors (Lipinski definition) is 3. The molecule has 0 bridgehead atoms. The number of aryl methyl sites for hydroxylation is 1. The fourth-order valence-electron chi connectivity index (χ4n) is 2.57. The molecule has 1 aliphatic heterocycles. The molecule has 104 valence electrons. The molecule has 4 nitrogen and oxygen atoms in total. The van der Waals surface area contributed by atoms with Crippen LogP contribution in [0.5, 0.6) is 5.75 Å². The Morgan fingerprint density at radius 1 is 1.47 bits per heavy atom. The van der Waals surface area contributed by atoms with Crippen LogP contribution < -0.4 is 10.5 Å². The number of rotatable bonds is 5. The van der Waals surface area contributed by atoms with Gasteiger partial charge in [-0.25, -0.2) is 0 Å². The fourth-order valence-corrected chi connectivity index (χ4v) is 2.57. The van der Waals surface area contributed by atoms with E-state index in [1.165, 1.54) is 5.56 Å². The quantitative estimate of drug-likeness (QED) is 0.879. The van der Waals surface area contributed by atoms with Gasteiger partial charge in [0.15, 0.2) is 0 Å². The summed E-state index contributed by atoms with van der Waals surface area (Å²) in [6.45, 7) is 4.32. The van der Waals surface area contributed by atoms with Gasteiger partial charge in [0.2, 0.25) is 5.91 Å². The second-order valence-corrected chi connectivity index (χ2v) is 5.11. The van der Waals surface area contributed by atoms with E-state index < -0.39 is 0 Å². The van der Waals surface area contributed by atoms with Crippen molar-refractivity contribution in [1.82, 2.24) is 4.90 Å². The molecule has 19 heavy (non-hydrogen) atoms. The highest BCUT2D eigenvalue weighted by Crippen LogP contribution is 2.17. The van der Waals surface area contributed by atoms with Gasteiger partial charge in [-0.2, -0.15) is 0 Å². The van der Waals surface area contributed by atoms with Crippen molar-refractivity contribution < 1.29 is 9.53 Å². The third-order valence-corrected chi connectivity index (χ3v) is 3.58. The van der Waals surface area contributed by atoms with Crippen LogP contribution in [0.15, 0.2) is 24.3 Å². The lowest BCUT2D eigenvalue weighted by Crippen LogP contribution is -2.48. The molecule has 1 aromatic rings. The zero-order valence-electron chi connectivity index (χ0n) is 11.5. The predicted molar refractivity (Wildman–Crippen MR) is 75.1 cm³/mol. The summed E-state index contributed by atoms with van der Waals surface area (Å²) in [5, 5.41) is 0. The van der Waals surface area contributed by atoms with Gasteiger partial charge in [0.25, 0.3) is 0 Å². The molecule has 0 aromatic heterocycles. The van der Waals surface area contributed by atoms with Crippen LogP contribution in [0.1, 0.15) is 24.8 Å². The van der Waals surface area contributed by atoms with E-state index in [4.69, 9.17) is 10.5 Å². The number of piperidine rings is 1. The number of likely N-dealkylation sites (tertiary alicyclic amines) is 1. The highest BCUT2D eigenvalue weighted by molar-refractivity contribution is 5.79. The smallest absolute Gasteiger partial charge is 0.234 e. The molecule has 1 fully saturated rings. The van der Waals surface area contributed by atoms with Gasteiger partial charge in [0, 0.05) is 6.54 Å². The minimum absolute atomic E-state index is 0.116. The molecule has 1 amide bonds. The highest BCUT2D eigenvalue weighted by Gasteiger charge is 2.26. The lowest BCUT2D eigenvalue weighted by atomic mass is 10.0. The first-order chi connectivity index (χ1) is 9.16. The largest absolute Gasteiger partial charge is 0.492 e. The molecule has 1 aromatic carbocycles. The van der Waals surface area contributed by atoms with Gasteiger partial charge >= 0.3 is 0 Å². The summed E-state index contributed by atoms with van der Waals surface area (Å²) >= 11 is 0. The molecule has 0 saturated carbocycles. The number of hydrogen-bond donors (Lipinski definition) is 1. The Balaban J connectivity index is 1.82. The molecule has 1 aliphatic rings. The molecular weight excluding hydrogens is 240 g/mol. The number of ether oxygens (including phenoxy) is 1. The van der Waals surface area contributed by atoms with Gasteiger partial charge in [-0.05, 0) is 44.0 Å². The van der Waals surface area contributed by atoms with Gasteiger partial charge in [-0.1, -0.05) is 18.6 Å². The summed E-state index contributed by atoms with van der Waals surface area (Å²) in [6.07, 6.45) is 3.09. The average Bonchev–Trinajstić information content (AvgIpc) is 2.39. The Kier molecular flexibility index (Phi) is 4.80. The normalized spacial score (nSPS) is 20.2. The van der Waals surface area contributed by atoms with Crippen molar-refractivity contribution >= 4 is 5.91 Å². The van der Waals surface area contributed by atoms with E-state index in [0.717, 1.165) is 38.1 Å². The van der Waals surface area contributed by atoms with Crippen molar-refractivity contribution in [1.29, 1.82) is 0 Å². The molecule has 0 aliphatic carbocycles. The summed E-state index contributed by atoms with van der Waals surface area (Å²) in [5.74, 6) is 0.669. The van der Waals surface area contributed by atoms with Crippen LogP contribution in [0.3, 0.4) is 0 Å². The van der Waals surface area contributed by atoms with Crippen LogP contribution >= 0.6 is 0 Å². The molecule has 0 radical (unpaired) electrons. The maximum absolute atomic E-state index is 11.4. The van der Waals surface area contributed by atoms with Crippen LogP contribution in [-0.4, -0.2) is 36.5 Å². The first-order valence-corrected chi connectivity index (χ1v) is 6.89. The van der Waals surface area contributed by atoms with Crippen molar-refractivity contribution in [3.8, 4) is 5.75 Å². The fraction of sp³-hybridized carbons (Fsp3) is 0.533. The van der Waals surface area contributed by atoms with Gasteiger partial charge in [0.05, 0.1) is 6.04 Å². The van der Waals surface area contributed by atoms with E-state index in [0.29, 0.717) is 6.61 Å². The van der Waals surface area contributed by atoms with E-state index in [1.807, 2.05) is 31.2 Å². The molecule has 2 rings (SSSR count). The number of carbonyl (C=O) groups is 1. The monoisotopic (exact) mass is 262 g/mol. The minimum Gasteiger partial charge on any atom is -0.492 e. The van der Waals surface area contributed by atoms with Crippen molar-refractivity contribution in [2.75, 3.05) is 19.7 Å². The summed E-state index contributed by atoms with van der Waals surface area (Å²) < 4.78 is 5.72. The second-order valence-electron chi connectivity index (χ2n) is 5.11. The number of benzene rings is 1. The molecule has 0 unspecified atom stereocenters. The van der Waals surface area contributed by atoms with E-state index in [9.17, 15) is 4.79 Å². The van der Waals surface area contributed by atoms with Crippen LogP contribution in [0.4, 0.5) is 0 Å². The average molecular weight is 262 g/mol. The first kappa shape index (κ1) is 13.9. The molecule has 1 atom stereocenters. The van der Waals surface area contributed by atoms with Gasteiger partial charge in [0.1, 0.15) is 12.4 Å². The molecular formula is C15H22N2O2.